The number of nitrogen functional groups attached to an aromatic ring is 1. The second-order valence-electron chi connectivity index (χ2n) is 7.28. The average molecular weight is 408 g/mol. The van der Waals surface area contributed by atoms with Gasteiger partial charge in [0.15, 0.2) is 11.2 Å². The van der Waals surface area contributed by atoms with E-state index in [1.54, 1.807) is 0 Å². The highest BCUT2D eigenvalue weighted by Crippen LogP contribution is 2.33. The first-order valence-electron chi connectivity index (χ1n) is 9.95. The number of fused-ring (bicyclic) bond motifs is 6. The Morgan fingerprint density at radius 1 is 0.677 bits per heavy atom. The third kappa shape index (κ3) is 3.36. The van der Waals surface area contributed by atoms with E-state index >= 15 is 0 Å². The number of anilines is 2. The molecule has 152 valence electrons. The lowest BCUT2D eigenvalue weighted by atomic mass is 10.1. The van der Waals surface area contributed by atoms with Crippen LogP contribution in [0.2, 0.25) is 0 Å². The lowest BCUT2D eigenvalue weighted by Crippen LogP contribution is -2.05. The van der Waals surface area contributed by atoms with Gasteiger partial charge in [0, 0.05) is 28.5 Å². The van der Waals surface area contributed by atoms with Gasteiger partial charge in [-0.1, -0.05) is 60.7 Å². The minimum Gasteiger partial charge on any atom is -0.454 e. The molecule has 1 amide bonds. The molecule has 0 bridgehead atoms. The first kappa shape index (κ1) is 18.8. The Labute approximate surface area is 178 Å². The van der Waals surface area contributed by atoms with E-state index in [0.29, 0.717) is 11.4 Å². The number of amides is 1. The van der Waals surface area contributed by atoms with Crippen molar-refractivity contribution in [2.24, 2.45) is 0 Å². The summed E-state index contributed by atoms with van der Waals surface area (Å²) < 4.78 is 11.4. The molecule has 0 fully saturated rings. The summed E-state index contributed by atoms with van der Waals surface area (Å²) in [6, 6.07) is 27.4. The number of benzene rings is 4. The number of carbonyl (C=O) groups is 1. The molecule has 4 aromatic carbocycles. The van der Waals surface area contributed by atoms with Gasteiger partial charge >= 0.3 is 0 Å². The maximum Gasteiger partial charge on any atom is 0.221 e. The van der Waals surface area contributed by atoms with Gasteiger partial charge in [-0.25, -0.2) is 0 Å². The Balaban J connectivity index is 0.000000134. The lowest BCUT2D eigenvalue weighted by Gasteiger charge is -2.01. The molecule has 0 spiro atoms. The summed E-state index contributed by atoms with van der Waals surface area (Å²) in [6.07, 6.45) is 0. The molecular formula is C26H20N2O3. The highest BCUT2D eigenvalue weighted by Gasteiger charge is 2.10. The van der Waals surface area contributed by atoms with Crippen molar-refractivity contribution in [3.05, 3.63) is 84.9 Å². The van der Waals surface area contributed by atoms with Crippen LogP contribution in [0.15, 0.2) is 93.8 Å². The van der Waals surface area contributed by atoms with Crippen molar-refractivity contribution in [3.8, 4) is 0 Å². The monoisotopic (exact) mass is 408 g/mol. The number of nitrogens with two attached hydrogens (primary N) is 1. The highest BCUT2D eigenvalue weighted by atomic mass is 16.3. The van der Waals surface area contributed by atoms with Gasteiger partial charge in [-0.15, -0.1) is 0 Å². The van der Waals surface area contributed by atoms with Crippen LogP contribution in [0.25, 0.3) is 43.9 Å². The molecule has 0 saturated heterocycles. The molecule has 5 heteroatoms. The molecule has 0 aliphatic rings. The Morgan fingerprint density at radius 2 is 1.19 bits per heavy atom. The number of para-hydroxylation sites is 4. The smallest absolute Gasteiger partial charge is 0.221 e. The Kier molecular flexibility index (Phi) is 4.56. The molecule has 6 aromatic rings. The van der Waals surface area contributed by atoms with Crippen molar-refractivity contribution < 1.29 is 13.6 Å². The molecule has 5 nitrogen and oxygen atoms in total. The molecule has 0 aliphatic heterocycles. The average Bonchev–Trinajstić information content (AvgIpc) is 3.34. The summed E-state index contributed by atoms with van der Waals surface area (Å²) in [5.74, 6) is -0.0991. The predicted octanol–water partition coefficient (Wildman–Crippen LogP) is 6.71. The normalized spacial score (nSPS) is 11.0. The largest absolute Gasteiger partial charge is 0.454 e. The molecule has 0 atom stereocenters. The van der Waals surface area contributed by atoms with Gasteiger partial charge < -0.3 is 19.9 Å². The van der Waals surface area contributed by atoms with E-state index in [9.17, 15) is 4.79 Å². The molecule has 3 N–H and O–H groups in total. The number of hydrogen-bond acceptors (Lipinski definition) is 4. The van der Waals surface area contributed by atoms with E-state index in [1.165, 1.54) is 6.92 Å². The number of carbonyl (C=O) groups excluding carboxylic acids is 1. The minimum absolute atomic E-state index is 0.0991. The van der Waals surface area contributed by atoms with Crippen LogP contribution in [0.1, 0.15) is 6.92 Å². The van der Waals surface area contributed by atoms with Crippen molar-refractivity contribution in [3.63, 3.8) is 0 Å². The summed E-state index contributed by atoms with van der Waals surface area (Å²) in [7, 11) is 0. The van der Waals surface area contributed by atoms with Gasteiger partial charge in [0.25, 0.3) is 0 Å². The standard InChI is InChI=1S/C14H11NO2.C12H9NO/c1-9(16)15-12-7-4-6-11-10-5-2-3-8-13(10)17-14(11)12;13-10-6-3-5-9-8-4-1-2-7-11(8)14-12(9)10/h2-8H,1H3,(H,15,16);1-7H,13H2. The van der Waals surface area contributed by atoms with Gasteiger partial charge in [0.05, 0.1) is 11.4 Å². The summed E-state index contributed by atoms with van der Waals surface area (Å²) in [5.41, 5.74) is 10.5. The topological polar surface area (TPSA) is 81.4 Å². The fourth-order valence-electron chi connectivity index (χ4n) is 3.80. The molecule has 2 heterocycles. The predicted molar refractivity (Wildman–Crippen MR) is 126 cm³/mol. The van der Waals surface area contributed by atoms with E-state index in [0.717, 1.165) is 43.9 Å². The van der Waals surface area contributed by atoms with Crippen molar-refractivity contribution >= 4 is 61.2 Å². The van der Waals surface area contributed by atoms with Crippen molar-refractivity contribution in [1.29, 1.82) is 0 Å². The second-order valence-corrected chi connectivity index (χ2v) is 7.28. The minimum atomic E-state index is -0.0991. The Hall–Kier alpha value is -4.25. The maximum atomic E-state index is 11.1. The lowest BCUT2D eigenvalue weighted by molar-refractivity contribution is -0.114. The van der Waals surface area contributed by atoms with E-state index in [1.807, 2.05) is 84.9 Å². The van der Waals surface area contributed by atoms with Crippen LogP contribution < -0.4 is 11.1 Å². The highest BCUT2D eigenvalue weighted by molar-refractivity contribution is 6.11. The molecule has 0 radical (unpaired) electrons. The fraction of sp³-hybridized carbons (Fsp3) is 0.0385. The third-order valence-corrected chi connectivity index (χ3v) is 5.15. The van der Waals surface area contributed by atoms with E-state index in [2.05, 4.69) is 5.32 Å². The van der Waals surface area contributed by atoms with E-state index in [4.69, 9.17) is 14.6 Å². The van der Waals surface area contributed by atoms with Gasteiger partial charge in [0.1, 0.15) is 11.2 Å². The van der Waals surface area contributed by atoms with Gasteiger partial charge in [-0.3, -0.25) is 4.79 Å². The molecule has 0 saturated carbocycles. The first-order chi connectivity index (χ1) is 15.1. The zero-order valence-corrected chi connectivity index (χ0v) is 16.9. The van der Waals surface area contributed by atoms with Crippen LogP contribution in [-0.4, -0.2) is 5.91 Å². The second kappa shape index (κ2) is 7.54. The summed E-state index contributed by atoms with van der Waals surface area (Å²) in [5, 5.41) is 7.06. The molecule has 31 heavy (non-hydrogen) atoms. The third-order valence-electron chi connectivity index (χ3n) is 5.15. The van der Waals surface area contributed by atoms with Gasteiger partial charge in [-0.05, 0) is 24.3 Å². The van der Waals surface area contributed by atoms with Crippen molar-refractivity contribution in [1.82, 2.24) is 0 Å². The Morgan fingerprint density at radius 3 is 1.84 bits per heavy atom. The van der Waals surface area contributed by atoms with Crippen molar-refractivity contribution in [2.45, 2.75) is 6.92 Å². The summed E-state index contributed by atoms with van der Waals surface area (Å²) in [6.45, 7) is 1.49. The number of nitrogens with one attached hydrogen (secondary N) is 1. The van der Waals surface area contributed by atoms with Crippen LogP contribution in [-0.2, 0) is 4.79 Å². The zero-order valence-electron chi connectivity index (χ0n) is 16.9. The van der Waals surface area contributed by atoms with Crippen molar-refractivity contribution in [2.75, 3.05) is 11.1 Å². The van der Waals surface area contributed by atoms with Crippen LogP contribution in [0.4, 0.5) is 11.4 Å². The summed E-state index contributed by atoms with van der Waals surface area (Å²) in [4.78, 5) is 11.1. The number of hydrogen-bond donors (Lipinski definition) is 2. The van der Waals surface area contributed by atoms with E-state index in [-0.39, 0.29) is 5.91 Å². The first-order valence-corrected chi connectivity index (χ1v) is 9.95. The molecule has 6 rings (SSSR count). The fourth-order valence-corrected chi connectivity index (χ4v) is 3.80. The van der Waals surface area contributed by atoms with Crippen LogP contribution >= 0.6 is 0 Å². The number of rotatable bonds is 1. The molecular weight excluding hydrogens is 388 g/mol. The van der Waals surface area contributed by atoms with Crippen LogP contribution in [0.5, 0.6) is 0 Å². The SMILES string of the molecule is CC(=O)Nc1cccc2c1oc1ccccc12.Nc1cccc2c1oc1ccccc12. The summed E-state index contributed by atoms with van der Waals surface area (Å²) >= 11 is 0. The number of furan rings is 2. The molecule has 0 aliphatic carbocycles. The quantitative estimate of drug-likeness (QED) is 0.296. The maximum absolute atomic E-state index is 11.1. The van der Waals surface area contributed by atoms with Gasteiger partial charge in [0.2, 0.25) is 5.91 Å². The molecule has 2 aromatic heterocycles. The Bertz CT molecular complexity index is 1560. The molecule has 0 unspecified atom stereocenters. The van der Waals surface area contributed by atoms with Crippen LogP contribution in [0, 0.1) is 0 Å². The van der Waals surface area contributed by atoms with Gasteiger partial charge in [-0.2, -0.15) is 0 Å². The van der Waals surface area contributed by atoms with E-state index < -0.39 is 0 Å². The van der Waals surface area contributed by atoms with Crippen LogP contribution in [0.3, 0.4) is 0 Å². The zero-order chi connectivity index (χ0) is 21.4.